The van der Waals surface area contributed by atoms with Crippen molar-refractivity contribution in [3.05, 3.63) is 65.2 Å². The molecule has 0 aliphatic carbocycles. The Balaban J connectivity index is 2.29. The summed E-state index contributed by atoms with van der Waals surface area (Å²) < 4.78 is 30.4. The van der Waals surface area contributed by atoms with Gasteiger partial charge in [0.05, 0.1) is 31.2 Å². The first-order chi connectivity index (χ1) is 11.7. The van der Waals surface area contributed by atoms with Crippen LogP contribution in [0.4, 0.5) is 5.69 Å². The molecule has 0 unspecified atom stereocenters. The third-order valence-electron chi connectivity index (χ3n) is 3.95. The molecule has 0 atom stereocenters. The molecule has 0 radical (unpaired) electrons. The summed E-state index contributed by atoms with van der Waals surface area (Å²) in [6, 6.07) is 14.2. The van der Waals surface area contributed by atoms with Gasteiger partial charge in [-0.15, -0.1) is 0 Å². The molecule has 134 valence electrons. The smallest absolute Gasteiger partial charge is 0.337 e. The van der Waals surface area contributed by atoms with Crippen LogP contribution in [0.2, 0.25) is 0 Å². The number of carbonyl (C=O) groups is 1. The van der Waals surface area contributed by atoms with Gasteiger partial charge in [0.15, 0.2) is 0 Å². The molecule has 5 nitrogen and oxygen atoms in total. The van der Waals surface area contributed by atoms with Crippen LogP contribution < -0.4 is 4.31 Å². The quantitative estimate of drug-likeness (QED) is 0.738. The molecule has 0 aromatic heterocycles. The van der Waals surface area contributed by atoms with E-state index in [1.54, 1.807) is 24.3 Å². The third kappa shape index (κ3) is 4.82. The van der Waals surface area contributed by atoms with Gasteiger partial charge >= 0.3 is 5.97 Å². The molecular weight excluding hydrogens is 338 g/mol. The molecule has 2 aromatic rings. The normalized spacial score (nSPS) is 11.4. The highest BCUT2D eigenvalue weighted by atomic mass is 32.2. The molecule has 0 aliphatic rings. The van der Waals surface area contributed by atoms with E-state index < -0.39 is 16.0 Å². The van der Waals surface area contributed by atoms with Crippen LogP contribution in [0.3, 0.4) is 0 Å². The van der Waals surface area contributed by atoms with Crippen molar-refractivity contribution in [2.45, 2.75) is 26.3 Å². The Labute approximate surface area is 149 Å². The molecule has 0 N–H and O–H groups in total. The van der Waals surface area contributed by atoms with E-state index in [4.69, 9.17) is 0 Å². The largest absolute Gasteiger partial charge is 0.465 e. The molecule has 0 saturated heterocycles. The summed E-state index contributed by atoms with van der Waals surface area (Å²) in [5.41, 5.74) is 2.98. The lowest BCUT2D eigenvalue weighted by Crippen LogP contribution is -2.29. The highest BCUT2D eigenvalue weighted by Gasteiger charge is 2.18. The number of hydrogen-bond acceptors (Lipinski definition) is 4. The Morgan fingerprint density at radius 3 is 2.04 bits per heavy atom. The maximum absolute atomic E-state index is 12.2. The van der Waals surface area contributed by atoms with Crippen LogP contribution in [0.15, 0.2) is 48.5 Å². The van der Waals surface area contributed by atoms with Gasteiger partial charge < -0.3 is 4.74 Å². The van der Waals surface area contributed by atoms with Crippen molar-refractivity contribution >= 4 is 21.7 Å². The second-order valence-electron chi connectivity index (χ2n) is 6.20. The summed E-state index contributed by atoms with van der Waals surface area (Å²) >= 11 is 0. The Morgan fingerprint density at radius 1 is 1.04 bits per heavy atom. The number of carbonyl (C=O) groups excluding carboxylic acids is 1. The highest BCUT2D eigenvalue weighted by Crippen LogP contribution is 2.22. The first kappa shape index (κ1) is 19.0. The first-order valence-electron chi connectivity index (χ1n) is 7.97. The Kier molecular flexibility index (Phi) is 5.85. The predicted octanol–water partition coefficient (Wildman–Crippen LogP) is 3.56. The van der Waals surface area contributed by atoms with Gasteiger partial charge in [-0.1, -0.05) is 38.1 Å². The van der Waals surface area contributed by atoms with E-state index in [1.165, 1.54) is 23.2 Å². The zero-order valence-corrected chi connectivity index (χ0v) is 15.7. The van der Waals surface area contributed by atoms with Crippen molar-refractivity contribution in [2.24, 2.45) is 0 Å². The second-order valence-corrected chi connectivity index (χ2v) is 8.11. The molecule has 2 rings (SSSR count). The Morgan fingerprint density at radius 2 is 1.60 bits per heavy atom. The third-order valence-corrected chi connectivity index (χ3v) is 5.09. The Hall–Kier alpha value is -2.34. The maximum Gasteiger partial charge on any atom is 0.337 e. The maximum atomic E-state index is 12.2. The van der Waals surface area contributed by atoms with E-state index >= 15 is 0 Å². The van der Waals surface area contributed by atoms with Crippen molar-refractivity contribution in [2.75, 3.05) is 17.7 Å². The summed E-state index contributed by atoms with van der Waals surface area (Å²) in [5.74, 6) is -0.0346. The SMILES string of the molecule is COC(=O)c1ccc(N(Cc2ccc(C(C)C)cc2)S(C)(=O)=O)cc1. The molecule has 25 heavy (non-hydrogen) atoms. The van der Waals surface area contributed by atoms with Gasteiger partial charge in [-0.3, -0.25) is 4.31 Å². The first-order valence-corrected chi connectivity index (χ1v) is 9.82. The standard InChI is InChI=1S/C19H23NO4S/c1-14(2)16-7-5-15(6-8-16)13-20(25(4,22)23)18-11-9-17(10-12-18)19(21)24-3/h5-12,14H,13H2,1-4H3. The van der Waals surface area contributed by atoms with Crippen LogP contribution in [-0.2, 0) is 21.3 Å². The number of benzene rings is 2. The minimum atomic E-state index is -3.46. The van der Waals surface area contributed by atoms with Gasteiger partial charge in [-0.05, 0) is 41.3 Å². The van der Waals surface area contributed by atoms with E-state index in [9.17, 15) is 13.2 Å². The van der Waals surface area contributed by atoms with Crippen LogP contribution in [0, 0.1) is 0 Å². The molecule has 0 spiro atoms. The van der Waals surface area contributed by atoms with Crippen molar-refractivity contribution in [3.63, 3.8) is 0 Å². The summed E-state index contributed by atoms with van der Waals surface area (Å²) in [5, 5.41) is 0. The van der Waals surface area contributed by atoms with E-state index in [1.807, 2.05) is 24.3 Å². The lowest BCUT2D eigenvalue weighted by atomic mass is 10.0. The predicted molar refractivity (Wildman–Crippen MR) is 99.3 cm³/mol. The molecular formula is C19H23NO4S. The van der Waals surface area contributed by atoms with E-state index in [-0.39, 0.29) is 6.54 Å². The number of methoxy groups -OCH3 is 1. The molecule has 0 saturated carbocycles. The second kappa shape index (κ2) is 7.70. The van der Waals surface area contributed by atoms with Crippen LogP contribution in [0.5, 0.6) is 0 Å². The summed E-state index contributed by atoms with van der Waals surface area (Å²) in [4.78, 5) is 11.5. The number of anilines is 1. The zero-order chi connectivity index (χ0) is 18.6. The van der Waals surface area contributed by atoms with Crippen molar-refractivity contribution < 1.29 is 17.9 Å². The fourth-order valence-electron chi connectivity index (χ4n) is 2.46. The van der Waals surface area contributed by atoms with Gasteiger partial charge in [-0.2, -0.15) is 0 Å². The molecule has 0 bridgehead atoms. The molecule has 6 heteroatoms. The summed E-state index contributed by atoms with van der Waals surface area (Å²) in [6.45, 7) is 4.45. The number of nitrogens with zero attached hydrogens (tertiary/aromatic N) is 1. The van der Waals surface area contributed by atoms with Crippen LogP contribution in [-0.4, -0.2) is 27.8 Å². The van der Waals surface area contributed by atoms with E-state index in [0.29, 0.717) is 17.2 Å². The number of rotatable bonds is 6. The lowest BCUT2D eigenvalue weighted by Gasteiger charge is -2.23. The molecule has 0 fully saturated rings. The fraction of sp³-hybridized carbons (Fsp3) is 0.316. The van der Waals surface area contributed by atoms with Crippen molar-refractivity contribution in [1.82, 2.24) is 0 Å². The van der Waals surface area contributed by atoms with Gasteiger partial charge in [0.25, 0.3) is 0 Å². The minimum absolute atomic E-state index is 0.231. The average Bonchev–Trinajstić information content (AvgIpc) is 2.58. The Bertz CT molecular complexity index is 825. The fourth-order valence-corrected chi connectivity index (χ4v) is 3.34. The monoisotopic (exact) mass is 361 g/mol. The minimum Gasteiger partial charge on any atom is -0.465 e. The molecule has 2 aromatic carbocycles. The van der Waals surface area contributed by atoms with Crippen LogP contribution in [0.25, 0.3) is 0 Å². The highest BCUT2D eigenvalue weighted by molar-refractivity contribution is 7.92. The number of sulfonamides is 1. The van der Waals surface area contributed by atoms with Crippen molar-refractivity contribution in [3.8, 4) is 0 Å². The molecule has 0 heterocycles. The van der Waals surface area contributed by atoms with Crippen molar-refractivity contribution in [1.29, 1.82) is 0 Å². The number of hydrogen-bond donors (Lipinski definition) is 0. The van der Waals surface area contributed by atoms with Gasteiger partial charge in [-0.25, -0.2) is 13.2 Å². The van der Waals surface area contributed by atoms with Gasteiger partial charge in [0.2, 0.25) is 10.0 Å². The molecule has 0 amide bonds. The van der Waals surface area contributed by atoms with E-state index in [2.05, 4.69) is 18.6 Å². The number of ether oxygens (including phenoxy) is 1. The zero-order valence-electron chi connectivity index (χ0n) is 14.9. The van der Waals surface area contributed by atoms with E-state index in [0.717, 1.165) is 5.56 Å². The van der Waals surface area contributed by atoms with Crippen LogP contribution >= 0.6 is 0 Å². The topological polar surface area (TPSA) is 63.7 Å². The molecule has 0 aliphatic heterocycles. The average molecular weight is 361 g/mol. The number of esters is 1. The van der Waals surface area contributed by atoms with Gasteiger partial charge in [0.1, 0.15) is 0 Å². The summed E-state index contributed by atoms with van der Waals surface area (Å²) in [6.07, 6.45) is 1.17. The van der Waals surface area contributed by atoms with Gasteiger partial charge in [0, 0.05) is 0 Å². The van der Waals surface area contributed by atoms with Crippen LogP contribution in [0.1, 0.15) is 41.3 Å². The lowest BCUT2D eigenvalue weighted by molar-refractivity contribution is 0.0600. The summed E-state index contributed by atoms with van der Waals surface area (Å²) in [7, 11) is -2.16.